The summed E-state index contributed by atoms with van der Waals surface area (Å²) in [6.07, 6.45) is 0.631. The molecule has 0 aliphatic heterocycles. The number of carboxylic acids is 1. The molecule has 1 rings (SSSR count). The van der Waals surface area contributed by atoms with Gasteiger partial charge < -0.3 is 10.2 Å². The van der Waals surface area contributed by atoms with Crippen LogP contribution in [0.4, 0.5) is 0 Å². The standard InChI is InChI=1S/C10H14O3S/c1-2-7-3-5-9(14-7)8(11)4-6-10(12)13/h3,5,8,11H,2,4,6H2,1H3,(H,12,13). The van der Waals surface area contributed by atoms with E-state index in [1.165, 1.54) is 4.88 Å². The van der Waals surface area contributed by atoms with Gasteiger partial charge in [-0.2, -0.15) is 0 Å². The fourth-order valence-electron chi connectivity index (χ4n) is 1.17. The number of thiophene rings is 1. The SMILES string of the molecule is CCc1ccc(C(O)CCC(=O)O)s1. The Morgan fingerprint density at radius 3 is 2.79 bits per heavy atom. The summed E-state index contributed by atoms with van der Waals surface area (Å²) >= 11 is 1.55. The van der Waals surface area contributed by atoms with Crippen LogP contribution in [-0.2, 0) is 11.2 Å². The van der Waals surface area contributed by atoms with Crippen LogP contribution >= 0.6 is 11.3 Å². The van der Waals surface area contributed by atoms with E-state index in [1.54, 1.807) is 11.3 Å². The van der Waals surface area contributed by atoms with E-state index in [9.17, 15) is 9.90 Å². The first-order valence-corrected chi connectivity index (χ1v) is 5.43. The minimum absolute atomic E-state index is 0.0144. The number of aryl methyl sites for hydroxylation is 1. The minimum atomic E-state index is -0.865. The maximum atomic E-state index is 10.3. The third-order valence-electron chi connectivity index (χ3n) is 1.99. The van der Waals surface area contributed by atoms with Gasteiger partial charge in [0, 0.05) is 16.2 Å². The number of aliphatic hydroxyl groups is 1. The Morgan fingerprint density at radius 1 is 1.57 bits per heavy atom. The number of carboxylic acid groups (broad SMARTS) is 1. The van der Waals surface area contributed by atoms with Crippen molar-refractivity contribution in [1.29, 1.82) is 0 Å². The van der Waals surface area contributed by atoms with E-state index in [0.717, 1.165) is 11.3 Å². The Bertz CT molecular complexity index is 306. The van der Waals surface area contributed by atoms with Crippen molar-refractivity contribution >= 4 is 17.3 Å². The normalized spacial score (nSPS) is 12.7. The van der Waals surface area contributed by atoms with Crippen LogP contribution in [0.15, 0.2) is 12.1 Å². The molecule has 14 heavy (non-hydrogen) atoms. The van der Waals surface area contributed by atoms with E-state index in [2.05, 4.69) is 6.92 Å². The molecule has 0 saturated carbocycles. The second-order valence-corrected chi connectivity index (χ2v) is 4.31. The Kier molecular flexibility index (Phi) is 4.10. The highest BCUT2D eigenvalue weighted by Crippen LogP contribution is 2.26. The second-order valence-electron chi connectivity index (χ2n) is 3.11. The van der Waals surface area contributed by atoms with Crippen LogP contribution < -0.4 is 0 Å². The van der Waals surface area contributed by atoms with Crippen molar-refractivity contribution in [3.8, 4) is 0 Å². The summed E-state index contributed by atoms with van der Waals surface area (Å²) < 4.78 is 0. The van der Waals surface area contributed by atoms with E-state index >= 15 is 0 Å². The Balaban J connectivity index is 2.51. The van der Waals surface area contributed by atoms with Crippen LogP contribution in [0.1, 0.15) is 35.6 Å². The van der Waals surface area contributed by atoms with Crippen molar-refractivity contribution in [2.75, 3.05) is 0 Å². The maximum Gasteiger partial charge on any atom is 0.303 e. The third kappa shape index (κ3) is 3.12. The van der Waals surface area contributed by atoms with Gasteiger partial charge in [0.1, 0.15) is 0 Å². The fraction of sp³-hybridized carbons (Fsp3) is 0.500. The van der Waals surface area contributed by atoms with Gasteiger partial charge in [-0.15, -0.1) is 11.3 Å². The zero-order valence-electron chi connectivity index (χ0n) is 8.06. The summed E-state index contributed by atoms with van der Waals surface area (Å²) in [4.78, 5) is 12.4. The molecule has 0 spiro atoms. The van der Waals surface area contributed by atoms with E-state index in [-0.39, 0.29) is 6.42 Å². The predicted octanol–water partition coefficient (Wildman–Crippen LogP) is 2.21. The van der Waals surface area contributed by atoms with Crippen molar-refractivity contribution < 1.29 is 15.0 Å². The Labute approximate surface area is 87.0 Å². The molecule has 1 aromatic heterocycles. The number of rotatable bonds is 5. The molecule has 1 atom stereocenters. The summed E-state index contributed by atoms with van der Waals surface area (Å²) in [5.74, 6) is -0.865. The zero-order valence-corrected chi connectivity index (χ0v) is 8.88. The molecule has 0 aliphatic rings. The largest absolute Gasteiger partial charge is 0.481 e. The third-order valence-corrected chi connectivity index (χ3v) is 3.32. The predicted molar refractivity (Wildman–Crippen MR) is 55.5 cm³/mol. The van der Waals surface area contributed by atoms with Crippen molar-refractivity contribution in [3.63, 3.8) is 0 Å². The first kappa shape index (κ1) is 11.2. The van der Waals surface area contributed by atoms with Gasteiger partial charge in [0.25, 0.3) is 0 Å². The lowest BCUT2D eigenvalue weighted by molar-refractivity contribution is -0.137. The van der Waals surface area contributed by atoms with Crippen LogP contribution in [-0.4, -0.2) is 16.2 Å². The molecule has 3 nitrogen and oxygen atoms in total. The summed E-state index contributed by atoms with van der Waals surface area (Å²) in [6, 6.07) is 3.85. The van der Waals surface area contributed by atoms with Crippen LogP contribution in [0.3, 0.4) is 0 Å². The smallest absolute Gasteiger partial charge is 0.303 e. The number of aliphatic hydroxyl groups excluding tert-OH is 1. The van der Waals surface area contributed by atoms with Crippen molar-refractivity contribution in [3.05, 3.63) is 21.9 Å². The molecule has 4 heteroatoms. The highest BCUT2D eigenvalue weighted by molar-refractivity contribution is 7.12. The Hall–Kier alpha value is -0.870. The van der Waals surface area contributed by atoms with E-state index < -0.39 is 12.1 Å². The number of carbonyl (C=O) groups is 1. The molecule has 0 radical (unpaired) electrons. The molecule has 0 fully saturated rings. The van der Waals surface area contributed by atoms with Crippen LogP contribution in [0.5, 0.6) is 0 Å². The van der Waals surface area contributed by atoms with Gasteiger partial charge in [-0.05, 0) is 25.0 Å². The number of hydrogen-bond donors (Lipinski definition) is 2. The topological polar surface area (TPSA) is 57.5 Å². The molecule has 0 bridgehead atoms. The first-order chi connectivity index (χ1) is 6.63. The molecule has 1 heterocycles. The lowest BCUT2D eigenvalue weighted by Crippen LogP contribution is -2.00. The van der Waals surface area contributed by atoms with Gasteiger partial charge >= 0.3 is 5.97 Å². The number of aliphatic carboxylic acids is 1. The van der Waals surface area contributed by atoms with E-state index in [1.807, 2.05) is 12.1 Å². The Morgan fingerprint density at radius 2 is 2.29 bits per heavy atom. The first-order valence-electron chi connectivity index (χ1n) is 4.62. The van der Waals surface area contributed by atoms with Crippen LogP contribution in [0.2, 0.25) is 0 Å². The lowest BCUT2D eigenvalue weighted by atomic mass is 10.2. The van der Waals surface area contributed by atoms with Crippen molar-refractivity contribution in [1.82, 2.24) is 0 Å². The van der Waals surface area contributed by atoms with Crippen molar-refractivity contribution in [2.45, 2.75) is 32.3 Å². The fourth-order valence-corrected chi connectivity index (χ4v) is 2.14. The van der Waals surface area contributed by atoms with Gasteiger partial charge in [0.15, 0.2) is 0 Å². The van der Waals surface area contributed by atoms with E-state index in [4.69, 9.17) is 5.11 Å². The maximum absolute atomic E-state index is 10.3. The number of hydrogen-bond acceptors (Lipinski definition) is 3. The molecule has 0 amide bonds. The summed E-state index contributed by atoms with van der Waals surface area (Å²) in [7, 11) is 0. The summed E-state index contributed by atoms with van der Waals surface area (Å²) in [6.45, 7) is 2.05. The van der Waals surface area contributed by atoms with Gasteiger partial charge in [-0.25, -0.2) is 0 Å². The molecule has 0 aromatic carbocycles. The average Bonchev–Trinajstić information content (AvgIpc) is 2.62. The van der Waals surface area contributed by atoms with Crippen molar-refractivity contribution in [2.24, 2.45) is 0 Å². The summed E-state index contributed by atoms with van der Waals surface area (Å²) in [5.41, 5.74) is 0. The van der Waals surface area contributed by atoms with Crippen LogP contribution in [0.25, 0.3) is 0 Å². The second kappa shape index (κ2) is 5.12. The molecule has 2 N–H and O–H groups in total. The molecule has 0 saturated heterocycles. The molecule has 78 valence electrons. The van der Waals surface area contributed by atoms with Gasteiger partial charge in [-0.1, -0.05) is 6.92 Å². The van der Waals surface area contributed by atoms with Gasteiger partial charge in [0.2, 0.25) is 0 Å². The average molecular weight is 214 g/mol. The quantitative estimate of drug-likeness (QED) is 0.790. The summed E-state index contributed by atoms with van der Waals surface area (Å²) in [5, 5.41) is 18.1. The molecule has 1 unspecified atom stereocenters. The molecular formula is C10H14O3S. The highest BCUT2D eigenvalue weighted by atomic mass is 32.1. The lowest BCUT2D eigenvalue weighted by Gasteiger charge is -2.05. The minimum Gasteiger partial charge on any atom is -0.481 e. The zero-order chi connectivity index (χ0) is 10.6. The van der Waals surface area contributed by atoms with Gasteiger partial charge in [-0.3, -0.25) is 4.79 Å². The molecule has 1 aromatic rings. The van der Waals surface area contributed by atoms with Crippen LogP contribution in [0, 0.1) is 0 Å². The molecule has 0 aliphatic carbocycles. The monoisotopic (exact) mass is 214 g/mol. The van der Waals surface area contributed by atoms with E-state index in [0.29, 0.717) is 6.42 Å². The molecular weight excluding hydrogens is 200 g/mol. The highest BCUT2D eigenvalue weighted by Gasteiger charge is 2.11. The van der Waals surface area contributed by atoms with Gasteiger partial charge in [0.05, 0.1) is 6.10 Å².